The van der Waals surface area contributed by atoms with E-state index in [4.69, 9.17) is 0 Å². The lowest BCUT2D eigenvalue weighted by atomic mass is 10.1. The fraction of sp³-hybridized carbons (Fsp3) is 0.786. The Morgan fingerprint density at radius 1 is 0.857 bits per heavy atom. The molecule has 0 heterocycles. The van der Waals surface area contributed by atoms with E-state index in [0.29, 0.717) is 0 Å². The summed E-state index contributed by atoms with van der Waals surface area (Å²) in [6.45, 7) is 5.98. The fourth-order valence-corrected chi connectivity index (χ4v) is 1.66. The number of hydrogen-bond acceptors (Lipinski definition) is 0. The Hall–Kier alpha value is -0.260. The van der Waals surface area contributed by atoms with Crippen LogP contribution in [0.25, 0.3) is 0 Å². The molecule has 0 fully saturated rings. The summed E-state index contributed by atoms with van der Waals surface area (Å²) < 4.78 is 0. The lowest BCUT2D eigenvalue weighted by molar-refractivity contribution is 0.573. The van der Waals surface area contributed by atoms with Crippen molar-refractivity contribution in [2.45, 2.75) is 71.1 Å². The smallest absolute Gasteiger partial charge is 0.0322 e. The van der Waals surface area contributed by atoms with Crippen molar-refractivity contribution in [3.05, 3.63) is 19.1 Å². The zero-order chi connectivity index (χ0) is 10.5. The third-order valence-corrected chi connectivity index (χ3v) is 2.60. The molecule has 0 unspecified atom stereocenters. The summed E-state index contributed by atoms with van der Waals surface area (Å²) in [4.78, 5) is 0. The van der Waals surface area contributed by atoms with Gasteiger partial charge in [0.15, 0.2) is 0 Å². The standard InChI is InChI=1S/C14H27/c1-3-5-7-9-11-13-14-12-10-8-6-4-2/h3,7H,1,4-6,8-14H2,2H3. The van der Waals surface area contributed by atoms with Gasteiger partial charge in [0, 0.05) is 0 Å². The molecule has 0 N–H and O–H groups in total. The maximum Gasteiger partial charge on any atom is -0.0322 e. The minimum absolute atomic E-state index is 1.08. The van der Waals surface area contributed by atoms with Crippen molar-refractivity contribution in [1.29, 1.82) is 0 Å². The summed E-state index contributed by atoms with van der Waals surface area (Å²) in [6, 6.07) is 0. The van der Waals surface area contributed by atoms with Crippen molar-refractivity contribution in [3.8, 4) is 0 Å². The van der Waals surface area contributed by atoms with Gasteiger partial charge < -0.3 is 0 Å². The molecule has 0 aromatic carbocycles. The molecule has 83 valence electrons. The molecule has 0 nitrogen and oxygen atoms in total. The Bertz CT molecular complexity index is 105. The fourth-order valence-electron chi connectivity index (χ4n) is 1.66. The number of allylic oxidation sites excluding steroid dienone is 1. The predicted molar refractivity (Wildman–Crippen MR) is 66.3 cm³/mol. The van der Waals surface area contributed by atoms with Gasteiger partial charge in [-0.3, -0.25) is 0 Å². The van der Waals surface area contributed by atoms with Gasteiger partial charge in [-0.2, -0.15) is 0 Å². The van der Waals surface area contributed by atoms with E-state index in [2.05, 4.69) is 19.9 Å². The highest BCUT2D eigenvalue weighted by Gasteiger charge is 1.91. The van der Waals surface area contributed by atoms with Gasteiger partial charge in [-0.1, -0.05) is 64.4 Å². The normalized spacial score (nSPS) is 10.4. The second kappa shape index (κ2) is 12.7. The Balaban J connectivity index is 2.81. The van der Waals surface area contributed by atoms with E-state index < -0.39 is 0 Å². The Kier molecular flexibility index (Phi) is 12.5. The van der Waals surface area contributed by atoms with Gasteiger partial charge in [-0.15, -0.1) is 6.58 Å². The van der Waals surface area contributed by atoms with Crippen LogP contribution < -0.4 is 0 Å². The summed E-state index contributed by atoms with van der Waals surface area (Å²) in [5.41, 5.74) is 0. The molecule has 0 heteroatoms. The first-order valence-electron chi connectivity index (χ1n) is 6.34. The van der Waals surface area contributed by atoms with E-state index in [1.165, 1.54) is 57.8 Å². The van der Waals surface area contributed by atoms with E-state index in [1.54, 1.807) is 0 Å². The van der Waals surface area contributed by atoms with Crippen molar-refractivity contribution < 1.29 is 0 Å². The quantitative estimate of drug-likeness (QED) is 0.310. The van der Waals surface area contributed by atoms with Crippen molar-refractivity contribution in [1.82, 2.24) is 0 Å². The van der Waals surface area contributed by atoms with E-state index in [0.717, 1.165) is 6.42 Å². The Labute approximate surface area is 90.8 Å². The zero-order valence-electron chi connectivity index (χ0n) is 9.93. The molecule has 0 rings (SSSR count). The number of rotatable bonds is 11. The second-order valence-electron chi connectivity index (χ2n) is 4.08. The van der Waals surface area contributed by atoms with Crippen molar-refractivity contribution in [2.75, 3.05) is 0 Å². The zero-order valence-corrected chi connectivity index (χ0v) is 9.93. The van der Waals surface area contributed by atoms with Gasteiger partial charge in [0.1, 0.15) is 0 Å². The van der Waals surface area contributed by atoms with E-state index >= 15 is 0 Å². The lowest BCUT2D eigenvalue weighted by Gasteiger charge is -2.00. The summed E-state index contributed by atoms with van der Waals surface area (Å²) in [6.07, 6.45) is 18.0. The molecule has 0 saturated carbocycles. The minimum atomic E-state index is 1.08. The average molecular weight is 195 g/mol. The van der Waals surface area contributed by atoms with E-state index in [1.807, 2.05) is 6.08 Å². The molecule has 14 heavy (non-hydrogen) atoms. The molecular weight excluding hydrogens is 168 g/mol. The van der Waals surface area contributed by atoms with Crippen LogP contribution in [-0.4, -0.2) is 0 Å². The first kappa shape index (κ1) is 13.7. The highest BCUT2D eigenvalue weighted by Crippen LogP contribution is 2.10. The maximum absolute atomic E-state index is 3.71. The molecule has 0 bridgehead atoms. The Morgan fingerprint density at radius 3 is 2.00 bits per heavy atom. The molecule has 0 saturated heterocycles. The van der Waals surface area contributed by atoms with Crippen molar-refractivity contribution in [3.63, 3.8) is 0 Å². The molecular formula is C14H27. The lowest BCUT2D eigenvalue weighted by Crippen LogP contribution is -1.81. The van der Waals surface area contributed by atoms with Crippen LogP contribution >= 0.6 is 0 Å². The molecule has 1 radical (unpaired) electrons. The van der Waals surface area contributed by atoms with Gasteiger partial charge >= 0.3 is 0 Å². The molecule has 0 amide bonds. The maximum atomic E-state index is 3.71. The molecule has 0 aliphatic carbocycles. The highest BCUT2D eigenvalue weighted by molar-refractivity contribution is 4.77. The SMILES string of the molecule is C=CC[CH]CCCCCCCCCC. The van der Waals surface area contributed by atoms with Crippen LogP contribution in [0.2, 0.25) is 0 Å². The van der Waals surface area contributed by atoms with Crippen LogP contribution in [0.1, 0.15) is 71.1 Å². The largest absolute Gasteiger partial charge is 0.103 e. The van der Waals surface area contributed by atoms with Gasteiger partial charge in [0.05, 0.1) is 0 Å². The highest BCUT2D eigenvalue weighted by atomic mass is 14.0. The van der Waals surface area contributed by atoms with Crippen LogP contribution in [0.3, 0.4) is 0 Å². The molecule has 0 aromatic heterocycles. The minimum Gasteiger partial charge on any atom is -0.103 e. The van der Waals surface area contributed by atoms with Crippen LogP contribution in [0.4, 0.5) is 0 Å². The molecule has 0 atom stereocenters. The number of unbranched alkanes of at least 4 members (excludes halogenated alkanes) is 10. The van der Waals surface area contributed by atoms with Gasteiger partial charge in [-0.25, -0.2) is 0 Å². The van der Waals surface area contributed by atoms with Crippen molar-refractivity contribution >= 4 is 0 Å². The number of hydrogen-bond donors (Lipinski definition) is 0. The molecule has 0 aromatic rings. The summed E-state index contributed by atoms with van der Waals surface area (Å²) in [7, 11) is 0. The predicted octanol–water partition coefficient (Wildman–Crippen LogP) is 5.30. The monoisotopic (exact) mass is 195 g/mol. The molecule has 0 aliphatic heterocycles. The summed E-state index contributed by atoms with van der Waals surface area (Å²) in [5, 5.41) is 0. The summed E-state index contributed by atoms with van der Waals surface area (Å²) in [5.74, 6) is 0. The first-order chi connectivity index (χ1) is 6.91. The van der Waals surface area contributed by atoms with Crippen LogP contribution in [-0.2, 0) is 0 Å². The summed E-state index contributed by atoms with van der Waals surface area (Å²) >= 11 is 0. The van der Waals surface area contributed by atoms with Gasteiger partial charge in [0.2, 0.25) is 0 Å². The first-order valence-corrected chi connectivity index (χ1v) is 6.34. The average Bonchev–Trinajstić information content (AvgIpc) is 2.21. The third-order valence-electron chi connectivity index (χ3n) is 2.60. The van der Waals surface area contributed by atoms with Gasteiger partial charge in [-0.05, 0) is 19.3 Å². The van der Waals surface area contributed by atoms with Gasteiger partial charge in [0.25, 0.3) is 0 Å². The van der Waals surface area contributed by atoms with E-state index in [9.17, 15) is 0 Å². The molecule has 0 aliphatic rings. The molecule has 0 spiro atoms. The second-order valence-corrected chi connectivity index (χ2v) is 4.08. The third kappa shape index (κ3) is 11.7. The van der Waals surface area contributed by atoms with E-state index in [-0.39, 0.29) is 0 Å². The topological polar surface area (TPSA) is 0 Å². The van der Waals surface area contributed by atoms with Crippen LogP contribution in [0, 0.1) is 6.42 Å². The van der Waals surface area contributed by atoms with Crippen LogP contribution in [0.15, 0.2) is 12.7 Å². The van der Waals surface area contributed by atoms with Crippen LogP contribution in [0.5, 0.6) is 0 Å². The van der Waals surface area contributed by atoms with Crippen molar-refractivity contribution in [2.24, 2.45) is 0 Å². The Morgan fingerprint density at radius 2 is 1.43 bits per heavy atom.